The van der Waals surface area contributed by atoms with Gasteiger partial charge in [-0.25, -0.2) is 8.42 Å². The number of likely N-dealkylation sites (tertiary alicyclic amines) is 1. The molecule has 5 nitrogen and oxygen atoms in total. The molecule has 6 heteroatoms. The third-order valence-corrected chi connectivity index (χ3v) is 6.27. The maximum atomic E-state index is 11.6. The molecule has 2 rings (SSSR count). The third-order valence-electron chi connectivity index (χ3n) is 4.47. The molecule has 2 atom stereocenters. The molecular formula is C12H21NO4S. The molecule has 0 saturated carbocycles. The van der Waals surface area contributed by atoms with Crippen LogP contribution >= 0.6 is 0 Å². The minimum atomic E-state index is -2.92. The Morgan fingerprint density at radius 2 is 2.22 bits per heavy atom. The van der Waals surface area contributed by atoms with Crippen molar-refractivity contribution in [2.45, 2.75) is 38.6 Å². The minimum absolute atomic E-state index is 0.0246. The Bertz CT molecular complexity index is 433. The zero-order chi connectivity index (χ0) is 13.4. The van der Waals surface area contributed by atoms with Crippen LogP contribution < -0.4 is 0 Å². The highest BCUT2D eigenvalue weighted by molar-refractivity contribution is 7.91. The Labute approximate surface area is 108 Å². The Morgan fingerprint density at radius 1 is 1.50 bits per heavy atom. The van der Waals surface area contributed by atoms with Gasteiger partial charge in [0.25, 0.3) is 0 Å². The first-order valence-electron chi connectivity index (χ1n) is 6.56. The van der Waals surface area contributed by atoms with Gasteiger partial charge in [-0.2, -0.15) is 0 Å². The summed E-state index contributed by atoms with van der Waals surface area (Å²) in [6, 6.07) is 0.0246. The van der Waals surface area contributed by atoms with Crippen molar-refractivity contribution in [2.24, 2.45) is 5.41 Å². The number of aliphatic carboxylic acids is 1. The van der Waals surface area contributed by atoms with E-state index in [1.54, 1.807) is 0 Å². The Hall–Kier alpha value is -0.620. The van der Waals surface area contributed by atoms with Crippen molar-refractivity contribution in [3.05, 3.63) is 0 Å². The monoisotopic (exact) mass is 275 g/mol. The molecule has 2 fully saturated rings. The minimum Gasteiger partial charge on any atom is -0.481 e. The van der Waals surface area contributed by atoms with E-state index in [-0.39, 0.29) is 17.5 Å². The number of rotatable bonds is 3. The summed E-state index contributed by atoms with van der Waals surface area (Å²) in [5.41, 5.74) is -0.665. The first-order chi connectivity index (χ1) is 8.38. The van der Waals surface area contributed by atoms with Crippen LogP contribution in [0.15, 0.2) is 0 Å². The zero-order valence-corrected chi connectivity index (χ0v) is 11.6. The smallest absolute Gasteiger partial charge is 0.310 e. The van der Waals surface area contributed by atoms with Crippen LogP contribution in [0.3, 0.4) is 0 Å². The quantitative estimate of drug-likeness (QED) is 0.822. The van der Waals surface area contributed by atoms with Gasteiger partial charge in [0.2, 0.25) is 0 Å². The van der Waals surface area contributed by atoms with Gasteiger partial charge in [-0.1, -0.05) is 6.92 Å². The SMILES string of the molecule is CCC1(C(=O)O)CCN(C2CCCS(=O)(=O)C2)C1. The molecule has 0 aromatic rings. The number of sulfone groups is 1. The highest BCUT2D eigenvalue weighted by atomic mass is 32.2. The van der Waals surface area contributed by atoms with Gasteiger partial charge in [-0.3, -0.25) is 9.69 Å². The van der Waals surface area contributed by atoms with Crippen molar-refractivity contribution in [2.75, 3.05) is 24.6 Å². The van der Waals surface area contributed by atoms with Crippen molar-refractivity contribution in [3.63, 3.8) is 0 Å². The van der Waals surface area contributed by atoms with E-state index in [0.29, 0.717) is 32.4 Å². The van der Waals surface area contributed by atoms with Gasteiger partial charge in [0.15, 0.2) is 9.84 Å². The van der Waals surface area contributed by atoms with Crippen LogP contribution in [0.2, 0.25) is 0 Å². The third kappa shape index (κ3) is 2.54. The number of hydrogen-bond acceptors (Lipinski definition) is 4. The van der Waals surface area contributed by atoms with Crippen LogP contribution in [0.25, 0.3) is 0 Å². The predicted molar refractivity (Wildman–Crippen MR) is 68.2 cm³/mol. The summed E-state index contributed by atoms with van der Waals surface area (Å²) >= 11 is 0. The molecular weight excluding hydrogens is 254 g/mol. The molecule has 2 heterocycles. The molecule has 0 amide bonds. The molecule has 2 unspecified atom stereocenters. The van der Waals surface area contributed by atoms with E-state index in [2.05, 4.69) is 4.90 Å². The summed E-state index contributed by atoms with van der Waals surface area (Å²) < 4.78 is 23.3. The molecule has 2 aliphatic heterocycles. The van der Waals surface area contributed by atoms with E-state index in [1.165, 1.54) is 0 Å². The normalized spacial score (nSPS) is 36.6. The fraction of sp³-hybridized carbons (Fsp3) is 0.917. The summed E-state index contributed by atoms with van der Waals surface area (Å²) in [4.78, 5) is 13.4. The predicted octanol–water partition coefficient (Wildman–Crippen LogP) is 0.750. The molecule has 0 aliphatic carbocycles. The number of hydrogen-bond donors (Lipinski definition) is 1. The number of carboxylic acid groups (broad SMARTS) is 1. The second-order valence-electron chi connectivity index (χ2n) is 5.57. The van der Waals surface area contributed by atoms with E-state index < -0.39 is 21.2 Å². The maximum absolute atomic E-state index is 11.6. The van der Waals surface area contributed by atoms with Crippen molar-refractivity contribution in [3.8, 4) is 0 Å². The number of carboxylic acids is 1. The average Bonchev–Trinajstić information content (AvgIpc) is 2.73. The van der Waals surface area contributed by atoms with Crippen LogP contribution in [-0.2, 0) is 14.6 Å². The van der Waals surface area contributed by atoms with E-state index in [9.17, 15) is 18.3 Å². The summed E-state index contributed by atoms with van der Waals surface area (Å²) in [5, 5.41) is 9.34. The van der Waals surface area contributed by atoms with E-state index >= 15 is 0 Å². The van der Waals surface area contributed by atoms with Crippen LogP contribution in [0.5, 0.6) is 0 Å². The molecule has 0 bridgehead atoms. The summed E-state index contributed by atoms with van der Waals surface area (Å²) in [6.45, 7) is 3.11. The molecule has 2 aliphatic rings. The molecule has 0 aromatic heterocycles. The molecule has 0 radical (unpaired) electrons. The van der Waals surface area contributed by atoms with E-state index in [0.717, 1.165) is 6.42 Å². The van der Waals surface area contributed by atoms with Crippen LogP contribution in [0.4, 0.5) is 0 Å². The Morgan fingerprint density at radius 3 is 2.72 bits per heavy atom. The summed E-state index contributed by atoms with van der Waals surface area (Å²) in [7, 11) is -2.92. The topological polar surface area (TPSA) is 74.7 Å². The highest BCUT2D eigenvalue weighted by Gasteiger charge is 2.45. The summed E-state index contributed by atoms with van der Waals surface area (Å²) in [5.74, 6) is -0.257. The lowest BCUT2D eigenvalue weighted by Crippen LogP contribution is -2.44. The van der Waals surface area contributed by atoms with Gasteiger partial charge >= 0.3 is 5.97 Å². The molecule has 0 aromatic carbocycles. The largest absolute Gasteiger partial charge is 0.481 e. The molecule has 104 valence electrons. The van der Waals surface area contributed by atoms with E-state index in [1.807, 2.05) is 6.92 Å². The van der Waals surface area contributed by atoms with Crippen molar-refractivity contribution >= 4 is 15.8 Å². The first kappa shape index (κ1) is 13.8. The highest BCUT2D eigenvalue weighted by Crippen LogP contribution is 2.36. The molecule has 2 saturated heterocycles. The second kappa shape index (κ2) is 4.81. The van der Waals surface area contributed by atoms with Gasteiger partial charge in [0.05, 0.1) is 16.9 Å². The van der Waals surface area contributed by atoms with Gasteiger partial charge in [0, 0.05) is 12.6 Å². The van der Waals surface area contributed by atoms with Gasteiger partial charge < -0.3 is 5.11 Å². The zero-order valence-electron chi connectivity index (χ0n) is 10.8. The van der Waals surface area contributed by atoms with E-state index in [4.69, 9.17) is 0 Å². The second-order valence-corrected chi connectivity index (χ2v) is 7.80. The summed E-state index contributed by atoms with van der Waals surface area (Å²) in [6.07, 6.45) is 2.82. The van der Waals surface area contributed by atoms with Gasteiger partial charge in [0.1, 0.15) is 0 Å². The lowest BCUT2D eigenvalue weighted by molar-refractivity contribution is -0.148. The Kier molecular flexibility index (Phi) is 3.69. The molecule has 18 heavy (non-hydrogen) atoms. The van der Waals surface area contributed by atoms with Gasteiger partial charge in [-0.05, 0) is 32.2 Å². The number of carbonyl (C=O) groups is 1. The Balaban J connectivity index is 2.07. The lowest BCUT2D eigenvalue weighted by Gasteiger charge is -2.32. The number of nitrogens with zero attached hydrogens (tertiary/aromatic N) is 1. The molecule has 1 N–H and O–H groups in total. The van der Waals surface area contributed by atoms with Crippen molar-refractivity contribution in [1.82, 2.24) is 4.90 Å². The first-order valence-corrected chi connectivity index (χ1v) is 8.38. The average molecular weight is 275 g/mol. The van der Waals surface area contributed by atoms with Crippen molar-refractivity contribution < 1.29 is 18.3 Å². The maximum Gasteiger partial charge on any atom is 0.310 e. The fourth-order valence-electron chi connectivity index (χ4n) is 3.12. The van der Waals surface area contributed by atoms with Crippen molar-refractivity contribution in [1.29, 1.82) is 0 Å². The van der Waals surface area contributed by atoms with Crippen LogP contribution in [-0.4, -0.2) is 55.0 Å². The van der Waals surface area contributed by atoms with Crippen LogP contribution in [0.1, 0.15) is 32.6 Å². The lowest BCUT2D eigenvalue weighted by atomic mass is 9.84. The van der Waals surface area contributed by atoms with Gasteiger partial charge in [-0.15, -0.1) is 0 Å². The van der Waals surface area contributed by atoms with Crippen LogP contribution in [0, 0.1) is 5.41 Å². The fourth-order valence-corrected chi connectivity index (χ4v) is 4.85. The standard InChI is InChI=1S/C12H21NO4S/c1-2-12(11(14)15)5-6-13(9-12)10-4-3-7-18(16,17)8-10/h10H,2-9H2,1H3,(H,14,15). The molecule has 0 spiro atoms.